The topological polar surface area (TPSA) is 89.3 Å². The molecule has 0 aliphatic carbocycles. The molecule has 216 valence electrons. The third kappa shape index (κ3) is 5.37. The Hall–Kier alpha value is -2.57. The first kappa shape index (κ1) is 27.6. The average molecular weight is 568 g/mol. The van der Waals surface area contributed by atoms with E-state index in [1.54, 1.807) is 16.6 Å². The molecule has 1 aromatic carbocycles. The first-order valence-corrected chi connectivity index (χ1v) is 15.8. The molecule has 0 spiro atoms. The maximum atomic E-state index is 13.8. The standard InChI is InChI=1S/C29H41N7O3S/c1-22-17-23(31-39-22)19-32-9-15-36(16-10-32)40(37,38)28-6-5-27(26-18-30-8-7-25(26)28)34-20-24(21-34)33-11-13-35(14-12-33)29(2,3)4/h5-8,17-18,24H,9-16,19-21H2,1-4H3. The largest absolute Gasteiger partial charge is 0.368 e. The summed E-state index contributed by atoms with van der Waals surface area (Å²) in [5, 5.41) is 5.72. The van der Waals surface area contributed by atoms with Crippen LogP contribution in [0.4, 0.5) is 5.69 Å². The Morgan fingerprint density at radius 1 is 0.950 bits per heavy atom. The van der Waals surface area contributed by atoms with Crippen molar-refractivity contribution < 1.29 is 12.9 Å². The number of pyridine rings is 1. The van der Waals surface area contributed by atoms with Gasteiger partial charge in [0.15, 0.2) is 0 Å². The normalized spacial score (nSPS) is 21.2. The lowest BCUT2D eigenvalue weighted by Gasteiger charge is -2.51. The number of fused-ring (bicyclic) bond motifs is 1. The molecule has 0 amide bonds. The number of hydrogen-bond acceptors (Lipinski definition) is 9. The molecule has 11 heteroatoms. The van der Waals surface area contributed by atoms with Gasteiger partial charge in [0.2, 0.25) is 10.0 Å². The maximum Gasteiger partial charge on any atom is 0.243 e. The number of aromatic nitrogens is 2. The van der Waals surface area contributed by atoms with E-state index in [1.165, 1.54) is 0 Å². The lowest BCUT2D eigenvalue weighted by atomic mass is 10.0. The summed E-state index contributed by atoms with van der Waals surface area (Å²) in [7, 11) is -3.64. The molecular weight excluding hydrogens is 526 g/mol. The lowest BCUT2D eigenvalue weighted by Crippen LogP contribution is -2.64. The quantitative estimate of drug-likeness (QED) is 0.446. The molecule has 2 aromatic heterocycles. The number of anilines is 1. The number of sulfonamides is 1. The third-order valence-electron chi connectivity index (χ3n) is 8.75. The van der Waals surface area contributed by atoms with Gasteiger partial charge < -0.3 is 9.42 Å². The zero-order valence-electron chi connectivity index (χ0n) is 24.1. The molecule has 3 saturated heterocycles. The van der Waals surface area contributed by atoms with Crippen LogP contribution in [0.2, 0.25) is 0 Å². The molecule has 3 aliphatic heterocycles. The summed E-state index contributed by atoms with van der Waals surface area (Å²) in [5.74, 6) is 0.786. The van der Waals surface area contributed by atoms with Gasteiger partial charge in [0.25, 0.3) is 0 Å². The summed E-state index contributed by atoms with van der Waals surface area (Å²) in [4.78, 5) is 14.5. The zero-order valence-corrected chi connectivity index (χ0v) is 24.9. The lowest BCUT2D eigenvalue weighted by molar-refractivity contribution is 0.0355. The second-order valence-electron chi connectivity index (χ2n) is 12.4. The number of benzene rings is 1. The number of aryl methyl sites for hydroxylation is 1. The highest BCUT2D eigenvalue weighted by molar-refractivity contribution is 7.89. The van der Waals surface area contributed by atoms with Crippen molar-refractivity contribution in [2.45, 2.75) is 50.7 Å². The summed E-state index contributed by atoms with van der Waals surface area (Å²) < 4.78 is 34.4. The van der Waals surface area contributed by atoms with Crippen LogP contribution in [0.3, 0.4) is 0 Å². The maximum absolute atomic E-state index is 13.8. The highest BCUT2D eigenvalue weighted by atomic mass is 32.2. The number of nitrogens with zero attached hydrogens (tertiary/aromatic N) is 7. The first-order valence-electron chi connectivity index (χ1n) is 14.3. The van der Waals surface area contributed by atoms with Crippen LogP contribution >= 0.6 is 0 Å². The highest BCUT2D eigenvalue weighted by Crippen LogP contribution is 2.36. The fourth-order valence-corrected chi connectivity index (χ4v) is 7.90. The summed E-state index contributed by atoms with van der Waals surface area (Å²) in [6.45, 7) is 17.9. The second kappa shape index (κ2) is 10.7. The molecule has 6 rings (SSSR count). The molecule has 0 radical (unpaired) electrons. The van der Waals surface area contributed by atoms with Crippen LogP contribution in [0, 0.1) is 6.92 Å². The van der Waals surface area contributed by atoms with E-state index in [2.05, 4.69) is 50.5 Å². The highest BCUT2D eigenvalue weighted by Gasteiger charge is 2.37. The molecule has 0 unspecified atom stereocenters. The molecule has 3 aromatic rings. The van der Waals surface area contributed by atoms with Crippen molar-refractivity contribution in [3.63, 3.8) is 0 Å². The predicted octanol–water partition coefficient (Wildman–Crippen LogP) is 2.64. The molecule has 0 saturated carbocycles. The summed E-state index contributed by atoms with van der Waals surface area (Å²) in [6, 6.07) is 8.09. The predicted molar refractivity (Wildman–Crippen MR) is 156 cm³/mol. The van der Waals surface area contributed by atoms with Crippen LogP contribution < -0.4 is 4.90 Å². The van der Waals surface area contributed by atoms with E-state index < -0.39 is 10.0 Å². The van der Waals surface area contributed by atoms with Gasteiger partial charge in [0, 0.05) is 118 Å². The van der Waals surface area contributed by atoms with Crippen molar-refractivity contribution >= 4 is 26.5 Å². The van der Waals surface area contributed by atoms with Gasteiger partial charge in [-0.1, -0.05) is 5.16 Å². The van der Waals surface area contributed by atoms with Gasteiger partial charge in [-0.15, -0.1) is 0 Å². The van der Waals surface area contributed by atoms with Crippen molar-refractivity contribution in [1.82, 2.24) is 29.1 Å². The molecular formula is C29H41N7O3S. The Morgan fingerprint density at radius 3 is 2.33 bits per heavy atom. The van der Waals surface area contributed by atoms with E-state index in [-0.39, 0.29) is 5.54 Å². The van der Waals surface area contributed by atoms with E-state index in [0.717, 1.165) is 67.2 Å². The van der Waals surface area contributed by atoms with Gasteiger partial charge in [-0.2, -0.15) is 4.31 Å². The zero-order chi connectivity index (χ0) is 28.1. The Balaban J connectivity index is 1.13. The molecule has 40 heavy (non-hydrogen) atoms. The Labute approximate surface area is 237 Å². The average Bonchev–Trinajstić information content (AvgIpc) is 3.32. The minimum Gasteiger partial charge on any atom is -0.368 e. The van der Waals surface area contributed by atoms with Crippen molar-refractivity contribution in [3.05, 3.63) is 48.1 Å². The van der Waals surface area contributed by atoms with Crippen LogP contribution in [0.15, 0.2) is 46.1 Å². The van der Waals surface area contributed by atoms with Crippen molar-refractivity contribution in [2.24, 2.45) is 0 Å². The molecule has 10 nitrogen and oxygen atoms in total. The third-order valence-corrected chi connectivity index (χ3v) is 10.7. The second-order valence-corrected chi connectivity index (χ2v) is 14.3. The van der Waals surface area contributed by atoms with E-state index >= 15 is 0 Å². The number of hydrogen-bond donors (Lipinski definition) is 0. The summed E-state index contributed by atoms with van der Waals surface area (Å²) in [5.41, 5.74) is 2.17. The molecule has 0 atom stereocenters. The van der Waals surface area contributed by atoms with E-state index in [0.29, 0.717) is 43.7 Å². The van der Waals surface area contributed by atoms with E-state index in [1.807, 2.05) is 31.3 Å². The van der Waals surface area contributed by atoms with Crippen molar-refractivity contribution in [1.29, 1.82) is 0 Å². The summed E-state index contributed by atoms with van der Waals surface area (Å²) in [6.07, 6.45) is 3.51. The minimum absolute atomic E-state index is 0.219. The van der Waals surface area contributed by atoms with Gasteiger partial charge in [-0.05, 0) is 45.9 Å². The van der Waals surface area contributed by atoms with Crippen LogP contribution in [0.25, 0.3) is 10.8 Å². The fourth-order valence-electron chi connectivity index (χ4n) is 6.28. The minimum atomic E-state index is -3.64. The van der Waals surface area contributed by atoms with E-state index in [4.69, 9.17) is 4.52 Å². The molecule has 3 aliphatic rings. The summed E-state index contributed by atoms with van der Waals surface area (Å²) >= 11 is 0. The fraction of sp³-hybridized carbons (Fsp3) is 0.586. The van der Waals surface area contributed by atoms with Gasteiger partial charge >= 0.3 is 0 Å². The molecule has 3 fully saturated rings. The van der Waals surface area contributed by atoms with Crippen LogP contribution in [-0.2, 0) is 16.6 Å². The van der Waals surface area contributed by atoms with Crippen LogP contribution in [0.5, 0.6) is 0 Å². The van der Waals surface area contributed by atoms with Gasteiger partial charge in [-0.3, -0.25) is 19.7 Å². The van der Waals surface area contributed by atoms with Gasteiger partial charge in [-0.25, -0.2) is 8.42 Å². The SMILES string of the molecule is Cc1cc(CN2CCN(S(=O)(=O)c3ccc(N4CC(N5CCN(C(C)(C)C)CC5)C4)c4cnccc34)CC2)no1. The first-order chi connectivity index (χ1) is 19.1. The smallest absolute Gasteiger partial charge is 0.243 e. The van der Waals surface area contributed by atoms with Crippen molar-refractivity contribution in [2.75, 3.05) is 70.3 Å². The number of piperazine rings is 2. The molecule has 0 bridgehead atoms. The van der Waals surface area contributed by atoms with Crippen LogP contribution in [-0.4, -0.2) is 115 Å². The van der Waals surface area contributed by atoms with E-state index in [9.17, 15) is 8.42 Å². The Bertz CT molecular complexity index is 1450. The Morgan fingerprint density at radius 2 is 1.68 bits per heavy atom. The van der Waals surface area contributed by atoms with Gasteiger partial charge in [0.1, 0.15) is 5.76 Å². The van der Waals surface area contributed by atoms with Crippen molar-refractivity contribution in [3.8, 4) is 0 Å². The van der Waals surface area contributed by atoms with Crippen LogP contribution in [0.1, 0.15) is 32.2 Å². The monoisotopic (exact) mass is 567 g/mol. The Kier molecular flexibility index (Phi) is 7.37. The van der Waals surface area contributed by atoms with Gasteiger partial charge in [0.05, 0.1) is 10.6 Å². The molecule has 0 N–H and O–H groups in total. The number of rotatable bonds is 6. The molecule has 5 heterocycles.